The first kappa shape index (κ1) is 21.3. The third kappa shape index (κ3) is 5.80. The summed E-state index contributed by atoms with van der Waals surface area (Å²) in [5, 5.41) is 6.75. The Labute approximate surface area is 169 Å². The second kappa shape index (κ2) is 9.41. The van der Waals surface area contributed by atoms with Gasteiger partial charge in [-0.1, -0.05) is 25.1 Å². The number of halogens is 2. The summed E-state index contributed by atoms with van der Waals surface area (Å²) in [5.41, 5.74) is 0.268. The number of nitrogens with one attached hydrogen (secondary N) is 1. The van der Waals surface area contributed by atoms with Crippen molar-refractivity contribution < 1.29 is 18.1 Å². The Morgan fingerprint density at radius 2 is 1.86 bits per heavy atom. The molecule has 0 radical (unpaired) electrons. The van der Waals surface area contributed by atoms with Crippen molar-refractivity contribution in [3.05, 3.63) is 47.1 Å². The zero-order valence-corrected chi connectivity index (χ0v) is 17.0. The molecule has 0 aliphatic carbocycles. The minimum atomic E-state index is -0.659. The van der Waals surface area contributed by atoms with Gasteiger partial charge in [-0.3, -0.25) is 14.6 Å². The number of piperazine rings is 1. The number of rotatable bonds is 7. The maximum Gasteiger partial charge on any atom is 0.240 e. The molecule has 1 atom stereocenters. The summed E-state index contributed by atoms with van der Waals surface area (Å²) in [6.07, 6.45) is 0. The third-order valence-electron chi connectivity index (χ3n) is 5.00. The van der Waals surface area contributed by atoms with Gasteiger partial charge in [0.1, 0.15) is 11.6 Å². The van der Waals surface area contributed by atoms with Crippen molar-refractivity contribution in [1.82, 2.24) is 25.3 Å². The molecule has 1 aliphatic rings. The van der Waals surface area contributed by atoms with E-state index in [2.05, 4.69) is 20.4 Å². The number of nitrogens with zero attached hydrogens (tertiary/aromatic N) is 4. The predicted octanol–water partition coefficient (Wildman–Crippen LogP) is 2.47. The minimum absolute atomic E-state index is 0.187. The van der Waals surface area contributed by atoms with E-state index in [-0.39, 0.29) is 23.9 Å². The van der Waals surface area contributed by atoms with Gasteiger partial charge in [0.15, 0.2) is 5.82 Å². The zero-order chi connectivity index (χ0) is 21.0. The zero-order valence-electron chi connectivity index (χ0n) is 17.0. The van der Waals surface area contributed by atoms with E-state index in [1.54, 1.807) is 6.92 Å². The van der Waals surface area contributed by atoms with Crippen molar-refractivity contribution in [2.24, 2.45) is 0 Å². The Morgan fingerprint density at radius 1 is 1.17 bits per heavy atom. The van der Waals surface area contributed by atoms with Crippen LogP contribution in [0.2, 0.25) is 0 Å². The molecule has 1 aromatic carbocycles. The second-order valence-corrected chi connectivity index (χ2v) is 7.71. The smallest absolute Gasteiger partial charge is 0.240 e. The van der Waals surface area contributed by atoms with E-state index < -0.39 is 17.7 Å². The number of hydrogen-bond acceptors (Lipinski definition) is 6. The average Bonchev–Trinajstić information content (AvgIpc) is 3.12. The second-order valence-electron chi connectivity index (χ2n) is 7.71. The van der Waals surface area contributed by atoms with E-state index in [4.69, 9.17) is 4.52 Å². The summed E-state index contributed by atoms with van der Waals surface area (Å²) in [4.78, 5) is 21.0. The van der Waals surface area contributed by atoms with Gasteiger partial charge in [-0.25, -0.2) is 8.78 Å². The molecule has 1 unspecified atom stereocenters. The predicted molar refractivity (Wildman–Crippen MR) is 103 cm³/mol. The number of hydrogen-bond donors (Lipinski definition) is 1. The van der Waals surface area contributed by atoms with Gasteiger partial charge in [-0.15, -0.1) is 0 Å². The Hall–Kier alpha value is -2.39. The minimum Gasteiger partial charge on any atom is -0.348 e. The van der Waals surface area contributed by atoms with Crippen LogP contribution in [-0.2, 0) is 11.3 Å². The fourth-order valence-corrected chi connectivity index (χ4v) is 3.28. The largest absolute Gasteiger partial charge is 0.348 e. The van der Waals surface area contributed by atoms with Crippen LogP contribution in [0, 0.1) is 11.6 Å². The molecule has 1 fully saturated rings. The molecule has 2 aromatic rings. The first-order valence-electron chi connectivity index (χ1n) is 9.83. The average molecular weight is 407 g/mol. The van der Waals surface area contributed by atoms with Gasteiger partial charge in [0.25, 0.3) is 0 Å². The Balaban J connectivity index is 1.43. The van der Waals surface area contributed by atoms with Gasteiger partial charge >= 0.3 is 0 Å². The Kier molecular flexibility index (Phi) is 6.92. The lowest BCUT2D eigenvalue weighted by Gasteiger charge is -2.33. The van der Waals surface area contributed by atoms with Crippen molar-refractivity contribution >= 4 is 5.91 Å². The Bertz CT molecular complexity index is 834. The SMILES string of the molecule is CC(C)c1noc(CN2CCN(CC(=O)NC(C)c3ccc(F)cc3F)CC2)n1. The molecule has 9 heteroatoms. The first-order chi connectivity index (χ1) is 13.8. The van der Waals surface area contributed by atoms with Gasteiger partial charge in [-0.05, 0) is 13.0 Å². The molecule has 1 N–H and O–H groups in total. The molecule has 2 heterocycles. The quantitative estimate of drug-likeness (QED) is 0.760. The molecule has 1 amide bonds. The van der Waals surface area contributed by atoms with Crippen LogP contribution in [0.15, 0.2) is 22.7 Å². The molecule has 7 nitrogen and oxygen atoms in total. The van der Waals surface area contributed by atoms with E-state index in [0.717, 1.165) is 32.2 Å². The van der Waals surface area contributed by atoms with Crippen LogP contribution >= 0.6 is 0 Å². The van der Waals surface area contributed by atoms with Crippen LogP contribution in [0.4, 0.5) is 8.78 Å². The molecule has 158 valence electrons. The normalized spacial score (nSPS) is 16.9. The maximum atomic E-state index is 13.9. The van der Waals surface area contributed by atoms with Gasteiger partial charge in [0, 0.05) is 43.7 Å². The summed E-state index contributed by atoms with van der Waals surface area (Å²) in [7, 11) is 0. The molecule has 1 saturated heterocycles. The van der Waals surface area contributed by atoms with Crippen molar-refractivity contribution in [1.29, 1.82) is 0 Å². The van der Waals surface area contributed by atoms with Crippen molar-refractivity contribution in [3.8, 4) is 0 Å². The lowest BCUT2D eigenvalue weighted by Crippen LogP contribution is -2.49. The summed E-state index contributed by atoms with van der Waals surface area (Å²) < 4.78 is 32.2. The third-order valence-corrected chi connectivity index (χ3v) is 5.00. The van der Waals surface area contributed by atoms with E-state index in [9.17, 15) is 13.6 Å². The number of carbonyl (C=O) groups is 1. The molecule has 29 heavy (non-hydrogen) atoms. The lowest BCUT2D eigenvalue weighted by atomic mass is 10.1. The summed E-state index contributed by atoms with van der Waals surface area (Å²) in [6.45, 7) is 9.59. The molecule has 0 saturated carbocycles. The topological polar surface area (TPSA) is 74.5 Å². The molecule has 0 spiro atoms. The Morgan fingerprint density at radius 3 is 2.48 bits per heavy atom. The molecule has 0 bridgehead atoms. The summed E-state index contributed by atoms with van der Waals surface area (Å²) >= 11 is 0. The molecule has 1 aliphatic heterocycles. The van der Waals surface area contributed by atoms with Gasteiger partial charge < -0.3 is 9.84 Å². The fraction of sp³-hybridized carbons (Fsp3) is 0.550. The number of aromatic nitrogens is 2. The van der Waals surface area contributed by atoms with E-state index in [1.165, 1.54) is 12.1 Å². The van der Waals surface area contributed by atoms with Gasteiger partial charge in [0.2, 0.25) is 11.8 Å². The van der Waals surface area contributed by atoms with Crippen molar-refractivity contribution in [2.75, 3.05) is 32.7 Å². The van der Waals surface area contributed by atoms with E-state index in [0.29, 0.717) is 18.3 Å². The summed E-state index contributed by atoms with van der Waals surface area (Å²) in [6, 6.07) is 2.84. The van der Waals surface area contributed by atoms with E-state index >= 15 is 0 Å². The number of amides is 1. The van der Waals surface area contributed by atoms with Crippen molar-refractivity contribution in [3.63, 3.8) is 0 Å². The highest BCUT2D eigenvalue weighted by Gasteiger charge is 2.22. The fourth-order valence-electron chi connectivity index (χ4n) is 3.28. The highest BCUT2D eigenvalue weighted by atomic mass is 19.1. The number of benzene rings is 1. The highest BCUT2D eigenvalue weighted by molar-refractivity contribution is 5.78. The lowest BCUT2D eigenvalue weighted by molar-refractivity contribution is -0.123. The molecular formula is C20H27F2N5O2. The van der Waals surface area contributed by atoms with Crippen LogP contribution in [0.25, 0.3) is 0 Å². The van der Waals surface area contributed by atoms with Crippen LogP contribution in [-0.4, -0.2) is 58.6 Å². The number of carbonyl (C=O) groups excluding carboxylic acids is 1. The van der Waals surface area contributed by atoms with Gasteiger partial charge in [0.05, 0.1) is 19.1 Å². The van der Waals surface area contributed by atoms with Crippen LogP contribution < -0.4 is 5.32 Å². The van der Waals surface area contributed by atoms with Crippen LogP contribution in [0.5, 0.6) is 0 Å². The van der Waals surface area contributed by atoms with Crippen molar-refractivity contribution in [2.45, 2.75) is 39.3 Å². The highest BCUT2D eigenvalue weighted by Crippen LogP contribution is 2.18. The molecular weight excluding hydrogens is 380 g/mol. The molecule has 3 rings (SSSR count). The summed E-state index contributed by atoms with van der Waals surface area (Å²) in [5.74, 6) is 0.0653. The van der Waals surface area contributed by atoms with Gasteiger partial charge in [-0.2, -0.15) is 4.98 Å². The van der Waals surface area contributed by atoms with Crippen LogP contribution in [0.3, 0.4) is 0 Å². The monoisotopic (exact) mass is 407 g/mol. The standard InChI is InChI=1S/C20H27F2N5O2/c1-13(2)20-24-19(29-25-20)12-27-8-6-26(7-9-27)11-18(28)23-14(3)16-5-4-15(21)10-17(16)22/h4-5,10,13-14H,6-9,11-12H2,1-3H3,(H,23,28). The van der Waals surface area contributed by atoms with E-state index in [1.807, 2.05) is 18.7 Å². The first-order valence-corrected chi connectivity index (χ1v) is 9.83. The maximum absolute atomic E-state index is 13.9. The van der Waals surface area contributed by atoms with Crippen LogP contribution in [0.1, 0.15) is 50.0 Å². The molecule has 1 aromatic heterocycles.